The molecule has 0 saturated carbocycles. The second kappa shape index (κ2) is 11.6. The molecule has 0 spiro atoms. The molecule has 1 heterocycles. The fraction of sp³-hybridized carbons (Fsp3) is 0.500. The van der Waals surface area contributed by atoms with Crippen LogP contribution in [0.3, 0.4) is 0 Å². The summed E-state index contributed by atoms with van der Waals surface area (Å²) >= 11 is 0. The van der Waals surface area contributed by atoms with E-state index in [-0.39, 0.29) is 11.7 Å². The van der Waals surface area contributed by atoms with E-state index in [9.17, 15) is 20.1 Å². The van der Waals surface area contributed by atoms with Gasteiger partial charge >= 0.3 is 0 Å². The molecule has 27 heavy (non-hydrogen) atoms. The topological polar surface area (TPSA) is 81.0 Å². The molecule has 1 aromatic carbocycles. The monoisotopic (exact) mass is 373 g/mol. The summed E-state index contributed by atoms with van der Waals surface area (Å²) in [7, 11) is 0. The van der Waals surface area contributed by atoms with Gasteiger partial charge in [-0.25, -0.2) is 0 Å². The van der Waals surface area contributed by atoms with Crippen molar-refractivity contribution in [3.8, 4) is 5.75 Å². The first kappa shape index (κ1) is 21.2. The van der Waals surface area contributed by atoms with Crippen LogP contribution in [0.5, 0.6) is 5.75 Å². The van der Waals surface area contributed by atoms with Crippen molar-refractivity contribution in [3.63, 3.8) is 0 Å². The van der Waals surface area contributed by atoms with Gasteiger partial charge in [-0.3, -0.25) is 4.79 Å². The van der Waals surface area contributed by atoms with Crippen LogP contribution in [0.4, 0.5) is 0 Å². The number of hydrogen-bond acceptors (Lipinski definition) is 4. The lowest BCUT2D eigenvalue weighted by Gasteiger charge is -2.15. The van der Waals surface area contributed by atoms with Crippen LogP contribution in [-0.4, -0.2) is 45.3 Å². The lowest BCUT2D eigenvalue weighted by atomic mass is 10.1. The highest BCUT2D eigenvalue weighted by atomic mass is 16.3. The quantitative estimate of drug-likeness (QED) is 0.433. The van der Waals surface area contributed by atoms with E-state index in [1.807, 2.05) is 17.1 Å². The molecule has 0 aromatic heterocycles. The number of carbonyl (C=O) groups excluding carboxylic acids is 1. The van der Waals surface area contributed by atoms with Gasteiger partial charge in [-0.2, -0.15) is 0 Å². The van der Waals surface area contributed by atoms with Crippen LogP contribution in [-0.2, 0) is 4.79 Å². The Bertz CT molecular complexity index is 618. The van der Waals surface area contributed by atoms with Gasteiger partial charge in [-0.1, -0.05) is 36.4 Å². The van der Waals surface area contributed by atoms with Crippen LogP contribution < -0.4 is 0 Å². The number of likely N-dealkylation sites (tertiary alicyclic amines) is 1. The smallest absolute Gasteiger partial charge is 0.222 e. The molecule has 2 unspecified atom stereocenters. The Labute approximate surface area is 161 Å². The first-order chi connectivity index (χ1) is 13.1. The normalized spacial score (nSPS) is 17.0. The molecule has 0 aliphatic carbocycles. The summed E-state index contributed by atoms with van der Waals surface area (Å²) in [4.78, 5) is 13.8. The lowest BCUT2D eigenvalue weighted by molar-refractivity contribution is -0.130. The molecule has 5 heteroatoms. The van der Waals surface area contributed by atoms with Gasteiger partial charge < -0.3 is 20.2 Å². The second-order valence-electron chi connectivity index (χ2n) is 7.02. The van der Waals surface area contributed by atoms with Crippen molar-refractivity contribution < 1.29 is 20.1 Å². The minimum atomic E-state index is -0.687. The first-order valence-corrected chi connectivity index (χ1v) is 9.82. The van der Waals surface area contributed by atoms with E-state index >= 15 is 0 Å². The summed E-state index contributed by atoms with van der Waals surface area (Å²) in [5.41, 5.74) is 0.735. The zero-order valence-electron chi connectivity index (χ0n) is 15.8. The van der Waals surface area contributed by atoms with Crippen molar-refractivity contribution in [1.82, 2.24) is 4.90 Å². The molecule has 2 atom stereocenters. The Hall–Kier alpha value is -2.11. The third-order valence-electron chi connectivity index (χ3n) is 4.76. The molecule has 1 fully saturated rings. The fourth-order valence-electron chi connectivity index (χ4n) is 3.14. The van der Waals surface area contributed by atoms with Crippen LogP contribution in [0.1, 0.15) is 56.6 Å². The van der Waals surface area contributed by atoms with Crippen molar-refractivity contribution in [2.24, 2.45) is 0 Å². The summed E-state index contributed by atoms with van der Waals surface area (Å²) in [6.07, 6.45) is 11.7. The molecule has 2 rings (SSSR count). The number of hydrogen-bond donors (Lipinski definition) is 3. The number of unbranched alkanes of at least 4 members (excludes halogenated alkanes) is 1. The molecule has 0 radical (unpaired) electrons. The van der Waals surface area contributed by atoms with E-state index in [1.165, 1.54) is 0 Å². The molecule has 1 aliphatic rings. The van der Waals surface area contributed by atoms with E-state index in [1.54, 1.807) is 36.4 Å². The Morgan fingerprint density at radius 2 is 1.67 bits per heavy atom. The minimum Gasteiger partial charge on any atom is -0.508 e. The maximum atomic E-state index is 11.9. The third-order valence-corrected chi connectivity index (χ3v) is 4.76. The Balaban J connectivity index is 1.56. The Morgan fingerprint density at radius 1 is 1.04 bits per heavy atom. The molecule has 148 valence electrons. The third kappa shape index (κ3) is 7.97. The average Bonchev–Trinajstić information content (AvgIpc) is 3.19. The SMILES string of the molecule is O=C(CCCC(O)/C=C\CC/C=C/C(O)c1ccc(O)cc1)N1CCCC1. The van der Waals surface area contributed by atoms with Crippen molar-refractivity contribution in [1.29, 1.82) is 0 Å². The standard InChI is InChI=1S/C22H31NO4/c24-19(9-7-11-22(27)23-16-5-6-17-23)8-3-1-2-4-10-21(26)18-12-14-20(25)15-13-18/h3-4,8,10,12-15,19,21,24-26H,1-2,5-7,9,11,16-17H2/b8-3-,10-4+. The van der Waals surface area contributed by atoms with Gasteiger partial charge in [0.25, 0.3) is 0 Å². The van der Waals surface area contributed by atoms with Crippen molar-refractivity contribution in [3.05, 3.63) is 54.1 Å². The summed E-state index contributed by atoms with van der Waals surface area (Å²) in [5, 5.41) is 29.2. The van der Waals surface area contributed by atoms with Crippen LogP contribution in [0, 0.1) is 0 Å². The van der Waals surface area contributed by atoms with Crippen molar-refractivity contribution in [2.75, 3.05) is 13.1 Å². The molecular formula is C22H31NO4. The maximum Gasteiger partial charge on any atom is 0.222 e. The molecule has 1 aliphatic heterocycles. The Morgan fingerprint density at radius 3 is 2.33 bits per heavy atom. The van der Waals surface area contributed by atoms with E-state index in [0.717, 1.165) is 44.3 Å². The number of nitrogens with zero attached hydrogens (tertiary/aromatic N) is 1. The van der Waals surface area contributed by atoms with Gasteiger partial charge in [0.15, 0.2) is 0 Å². The minimum absolute atomic E-state index is 0.180. The van der Waals surface area contributed by atoms with E-state index in [2.05, 4.69) is 0 Å². The molecule has 1 amide bonds. The summed E-state index contributed by atoms with van der Waals surface area (Å²) in [5.74, 6) is 0.389. The average molecular weight is 373 g/mol. The number of aliphatic hydroxyl groups is 2. The number of benzene rings is 1. The highest BCUT2D eigenvalue weighted by molar-refractivity contribution is 5.76. The zero-order valence-corrected chi connectivity index (χ0v) is 15.8. The highest BCUT2D eigenvalue weighted by Crippen LogP contribution is 2.18. The maximum absolute atomic E-state index is 11.9. The van der Waals surface area contributed by atoms with Gasteiger partial charge in [-0.05, 0) is 56.2 Å². The highest BCUT2D eigenvalue weighted by Gasteiger charge is 2.17. The predicted octanol–water partition coefficient (Wildman–Crippen LogP) is 3.47. The molecule has 0 bridgehead atoms. The second-order valence-corrected chi connectivity index (χ2v) is 7.02. The van der Waals surface area contributed by atoms with Crippen molar-refractivity contribution in [2.45, 2.75) is 57.2 Å². The van der Waals surface area contributed by atoms with Crippen LogP contribution >= 0.6 is 0 Å². The number of phenolic OH excluding ortho intramolecular Hbond substituents is 1. The number of phenols is 1. The van der Waals surface area contributed by atoms with E-state index < -0.39 is 12.2 Å². The molecular weight excluding hydrogens is 342 g/mol. The molecule has 1 saturated heterocycles. The number of aromatic hydroxyl groups is 1. The van der Waals surface area contributed by atoms with Gasteiger partial charge in [0.1, 0.15) is 5.75 Å². The van der Waals surface area contributed by atoms with Gasteiger partial charge in [0.2, 0.25) is 5.91 Å². The first-order valence-electron chi connectivity index (χ1n) is 9.82. The zero-order chi connectivity index (χ0) is 19.5. The number of aliphatic hydroxyl groups excluding tert-OH is 2. The number of rotatable bonds is 10. The molecule has 1 aromatic rings. The summed E-state index contributed by atoms with van der Waals surface area (Å²) in [6.45, 7) is 1.77. The van der Waals surface area contributed by atoms with Crippen molar-refractivity contribution >= 4 is 5.91 Å². The van der Waals surface area contributed by atoms with Gasteiger partial charge in [0, 0.05) is 19.5 Å². The lowest BCUT2D eigenvalue weighted by Crippen LogP contribution is -2.27. The summed E-state index contributed by atoms with van der Waals surface area (Å²) in [6, 6.07) is 6.48. The van der Waals surface area contributed by atoms with Crippen LogP contribution in [0.25, 0.3) is 0 Å². The van der Waals surface area contributed by atoms with Crippen LogP contribution in [0.2, 0.25) is 0 Å². The molecule has 5 nitrogen and oxygen atoms in total. The number of amides is 1. The number of allylic oxidation sites excluding steroid dienone is 2. The Kier molecular flexibility index (Phi) is 9.08. The van der Waals surface area contributed by atoms with E-state index in [0.29, 0.717) is 19.3 Å². The fourth-order valence-corrected chi connectivity index (χ4v) is 3.14. The molecule has 3 N–H and O–H groups in total. The predicted molar refractivity (Wildman–Crippen MR) is 106 cm³/mol. The van der Waals surface area contributed by atoms with E-state index in [4.69, 9.17) is 0 Å². The van der Waals surface area contributed by atoms with Gasteiger partial charge in [0.05, 0.1) is 12.2 Å². The number of carbonyl (C=O) groups is 1. The van der Waals surface area contributed by atoms with Gasteiger partial charge in [-0.15, -0.1) is 0 Å². The van der Waals surface area contributed by atoms with Crippen LogP contribution in [0.15, 0.2) is 48.6 Å². The summed E-state index contributed by atoms with van der Waals surface area (Å²) < 4.78 is 0. The largest absolute Gasteiger partial charge is 0.508 e.